The predicted molar refractivity (Wildman–Crippen MR) is 112 cm³/mol. The predicted octanol–water partition coefficient (Wildman–Crippen LogP) is 6.17. The van der Waals surface area contributed by atoms with Gasteiger partial charge < -0.3 is 9.47 Å². The van der Waals surface area contributed by atoms with Crippen LogP contribution in [0.3, 0.4) is 0 Å². The van der Waals surface area contributed by atoms with E-state index in [1.807, 2.05) is 37.4 Å². The van der Waals surface area contributed by atoms with E-state index in [9.17, 15) is 4.39 Å². The first-order valence-electron chi connectivity index (χ1n) is 9.30. The maximum atomic E-state index is 13.0. The Morgan fingerprint density at radius 2 is 1.68 bits per heavy atom. The van der Waals surface area contributed by atoms with E-state index in [4.69, 9.17) is 9.47 Å². The van der Waals surface area contributed by atoms with Crippen LogP contribution in [0.5, 0.6) is 11.5 Å². The molecule has 0 fully saturated rings. The highest BCUT2D eigenvalue weighted by molar-refractivity contribution is 5.83. The Morgan fingerprint density at radius 3 is 2.39 bits per heavy atom. The van der Waals surface area contributed by atoms with Crippen LogP contribution in [-0.2, 0) is 6.61 Å². The van der Waals surface area contributed by atoms with Gasteiger partial charge in [0.2, 0.25) is 0 Å². The zero-order chi connectivity index (χ0) is 19.9. The molecule has 3 aromatic carbocycles. The molecule has 0 heterocycles. The highest BCUT2D eigenvalue weighted by atomic mass is 19.1. The molecule has 0 aromatic heterocycles. The van der Waals surface area contributed by atoms with E-state index in [1.54, 1.807) is 12.1 Å². The van der Waals surface area contributed by atoms with Gasteiger partial charge in [-0.05, 0) is 73.9 Å². The van der Waals surface area contributed by atoms with Gasteiger partial charge in [-0.1, -0.05) is 29.8 Å². The number of ether oxygens (including phenoxy) is 2. The molecule has 0 aliphatic rings. The second-order valence-corrected chi connectivity index (χ2v) is 6.60. The van der Waals surface area contributed by atoms with Crippen LogP contribution >= 0.6 is 0 Å². The van der Waals surface area contributed by atoms with E-state index >= 15 is 0 Å². The van der Waals surface area contributed by atoms with Crippen LogP contribution in [0.25, 0.3) is 0 Å². The molecule has 0 saturated heterocycles. The van der Waals surface area contributed by atoms with Crippen LogP contribution in [0.2, 0.25) is 0 Å². The first kappa shape index (κ1) is 19.6. The maximum Gasteiger partial charge on any atom is 0.161 e. The highest BCUT2D eigenvalue weighted by Gasteiger charge is 2.07. The van der Waals surface area contributed by atoms with Crippen molar-refractivity contribution in [3.8, 4) is 11.5 Å². The molecule has 0 amide bonds. The van der Waals surface area contributed by atoms with E-state index in [2.05, 4.69) is 31.0 Å². The van der Waals surface area contributed by atoms with Gasteiger partial charge >= 0.3 is 0 Å². The third kappa shape index (κ3) is 5.19. The molecule has 0 unspecified atom stereocenters. The number of benzene rings is 3. The van der Waals surface area contributed by atoms with Crippen LogP contribution in [0.4, 0.5) is 10.1 Å². The summed E-state index contributed by atoms with van der Waals surface area (Å²) in [6.45, 7) is 6.93. The minimum absolute atomic E-state index is 0.258. The molecule has 0 spiro atoms. The lowest BCUT2D eigenvalue weighted by Crippen LogP contribution is -2.00. The molecule has 144 valence electrons. The SMILES string of the molecule is CCOc1cc(C=Nc2ccc(C)cc2C)ccc1OCc1ccc(F)cc1. The summed E-state index contributed by atoms with van der Waals surface area (Å²) in [6, 6.07) is 18.2. The number of nitrogens with zero attached hydrogens (tertiary/aromatic N) is 1. The molecule has 0 aliphatic carbocycles. The lowest BCUT2D eigenvalue weighted by atomic mass is 10.1. The quantitative estimate of drug-likeness (QED) is 0.461. The van der Waals surface area contributed by atoms with Crippen molar-refractivity contribution < 1.29 is 13.9 Å². The van der Waals surface area contributed by atoms with Gasteiger partial charge in [-0.25, -0.2) is 4.39 Å². The summed E-state index contributed by atoms with van der Waals surface area (Å²) >= 11 is 0. The second kappa shape index (κ2) is 9.18. The Hall–Kier alpha value is -3.14. The third-order valence-electron chi connectivity index (χ3n) is 4.28. The summed E-state index contributed by atoms with van der Waals surface area (Å²) in [4.78, 5) is 4.59. The number of aryl methyl sites for hydroxylation is 2. The molecular weight excluding hydrogens is 353 g/mol. The molecule has 4 heteroatoms. The Labute approximate surface area is 165 Å². The molecule has 3 rings (SSSR count). The van der Waals surface area contributed by atoms with Gasteiger partial charge in [0, 0.05) is 6.21 Å². The minimum Gasteiger partial charge on any atom is -0.490 e. The third-order valence-corrected chi connectivity index (χ3v) is 4.28. The van der Waals surface area contributed by atoms with Crippen LogP contribution in [-0.4, -0.2) is 12.8 Å². The van der Waals surface area contributed by atoms with Crippen LogP contribution in [0.1, 0.15) is 29.2 Å². The Balaban J connectivity index is 1.76. The zero-order valence-corrected chi connectivity index (χ0v) is 16.4. The van der Waals surface area contributed by atoms with Crippen LogP contribution in [0.15, 0.2) is 65.7 Å². The summed E-state index contributed by atoms with van der Waals surface area (Å²) in [5.74, 6) is 1.05. The van der Waals surface area contributed by atoms with Gasteiger partial charge in [-0.15, -0.1) is 0 Å². The molecule has 3 aromatic rings. The number of aliphatic imine (C=N–C) groups is 1. The first-order valence-corrected chi connectivity index (χ1v) is 9.30. The smallest absolute Gasteiger partial charge is 0.161 e. The molecule has 0 bridgehead atoms. The van der Waals surface area contributed by atoms with Crippen molar-refractivity contribution >= 4 is 11.9 Å². The zero-order valence-electron chi connectivity index (χ0n) is 16.4. The van der Waals surface area contributed by atoms with E-state index in [-0.39, 0.29) is 5.82 Å². The fourth-order valence-corrected chi connectivity index (χ4v) is 2.83. The number of hydrogen-bond donors (Lipinski definition) is 0. The molecule has 3 nitrogen and oxygen atoms in total. The van der Waals surface area contributed by atoms with E-state index in [0.29, 0.717) is 24.7 Å². The average molecular weight is 377 g/mol. The topological polar surface area (TPSA) is 30.8 Å². The van der Waals surface area contributed by atoms with Crippen molar-refractivity contribution in [1.82, 2.24) is 0 Å². The van der Waals surface area contributed by atoms with Gasteiger partial charge in [-0.3, -0.25) is 4.99 Å². The molecule has 0 aliphatic heterocycles. The molecule has 0 radical (unpaired) electrons. The lowest BCUT2D eigenvalue weighted by Gasteiger charge is -2.12. The van der Waals surface area contributed by atoms with Gasteiger partial charge in [0.25, 0.3) is 0 Å². The standard InChI is InChI=1S/C24H24FNO2/c1-4-27-24-14-20(15-26-22-11-5-17(2)13-18(22)3)8-12-23(24)28-16-19-6-9-21(25)10-7-19/h5-15H,4,16H2,1-3H3. The molecule has 0 N–H and O–H groups in total. The number of halogens is 1. The van der Waals surface area contributed by atoms with Gasteiger partial charge in [0.1, 0.15) is 12.4 Å². The van der Waals surface area contributed by atoms with Gasteiger partial charge in [-0.2, -0.15) is 0 Å². The van der Waals surface area contributed by atoms with E-state index in [1.165, 1.54) is 17.7 Å². The molecule has 0 saturated carbocycles. The fourth-order valence-electron chi connectivity index (χ4n) is 2.83. The average Bonchev–Trinajstić information content (AvgIpc) is 2.68. The van der Waals surface area contributed by atoms with Crippen molar-refractivity contribution in [2.75, 3.05) is 6.61 Å². The van der Waals surface area contributed by atoms with Gasteiger partial charge in [0.05, 0.1) is 12.3 Å². The van der Waals surface area contributed by atoms with Gasteiger partial charge in [0.15, 0.2) is 11.5 Å². The maximum absolute atomic E-state index is 13.0. The summed E-state index contributed by atoms with van der Waals surface area (Å²) in [5.41, 5.74) is 5.13. The van der Waals surface area contributed by atoms with E-state index < -0.39 is 0 Å². The number of hydrogen-bond acceptors (Lipinski definition) is 3. The highest BCUT2D eigenvalue weighted by Crippen LogP contribution is 2.29. The largest absolute Gasteiger partial charge is 0.490 e. The monoisotopic (exact) mass is 377 g/mol. The Kier molecular flexibility index (Phi) is 6.43. The second-order valence-electron chi connectivity index (χ2n) is 6.60. The molecule has 0 atom stereocenters. The van der Waals surface area contributed by atoms with Crippen LogP contribution in [0, 0.1) is 19.7 Å². The van der Waals surface area contributed by atoms with Crippen molar-refractivity contribution in [3.05, 3.63) is 88.7 Å². The Bertz CT molecular complexity index is 965. The summed E-state index contributed by atoms with van der Waals surface area (Å²) in [6.07, 6.45) is 1.82. The van der Waals surface area contributed by atoms with E-state index in [0.717, 1.165) is 22.4 Å². The van der Waals surface area contributed by atoms with Crippen molar-refractivity contribution in [1.29, 1.82) is 0 Å². The van der Waals surface area contributed by atoms with Crippen LogP contribution < -0.4 is 9.47 Å². The summed E-state index contributed by atoms with van der Waals surface area (Å²) in [7, 11) is 0. The van der Waals surface area contributed by atoms with Crippen molar-refractivity contribution in [2.24, 2.45) is 4.99 Å². The fraction of sp³-hybridized carbons (Fsp3) is 0.208. The Morgan fingerprint density at radius 1 is 0.893 bits per heavy atom. The lowest BCUT2D eigenvalue weighted by molar-refractivity contribution is 0.269. The molecule has 28 heavy (non-hydrogen) atoms. The van der Waals surface area contributed by atoms with Crippen molar-refractivity contribution in [3.63, 3.8) is 0 Å². The summed E-state index contributed by atoms with van der Waals surface area (Å²) in [5, 5.41) is 0. The minimum atomic E-state index is -0.258. The first-order chi connectivity index (χ1) is 13.5. The number of rotatable bonds is 7. The summed E-state index contributed by atoms with van der Waals surface area (Å²) < 4.78 is 24.6. The molecular formula is C24H24FNO2. The normalized spacial score (nSPS) is 11.0. The van der Waals surface area contributed by atoms with Crippen molar-refractivity contribution in [2.45, 2.75) is 27.4 Å².